The van der Waals surface area contributed by atoms with Crippen LogP contribution in [0.4, 0.5) is 11.6 Å². The number of anilines is 2. The Balaban J connectivity index is 2.07. The van der Waals surface area contributed by atoms with Crippen LogP contribution in [0.1, 0.15) is 19.7 Å². The smallest absolute Gasteiger partial charge is 0.134 e. The fraction of sp³-hybridized carbons (Fsp3) is 0.692. The van der Waals surface area contributed by atoms with Crippen LogP contribution in [0.15, 0.2) is 6.07 Å². The summed E-state index contributed by atoms with van der Waals surface area (Å²) in [5.74, 6) is 2.75. The van der Waals surface area contributed by atoms with Crippen LogP contribution in [0.3, 0.4) is 0 Å². The van der Waals surface area contributed by atoms with Crippen LogP contribution in [-0.4, -0.2) is 54.1 Å². The minimum absolute atomic E-state index is 0.632. The van der Waals surface area contributed by atoms with Crippen LogP contribution in [0.2, 0.25) is 0 Å². The van der Waals surface area contributed by atoms with E-state index in [2.05, 4.69) is 38.9 Å². The van der Waals surface area contributed by atoms with Crippen molar-refractivity contribution in [1.29, 1.82) is 0 Å². The van der Waals surface area contributed by atoms with Crippen molar-refractivity contribution in [2.45, 2.75) is 26.8 Å². The summed E-state index contributed by atoms with van der Waals surface area (Å²) < 4.78 is 0. The van der Waals surface area contributed by atoms with Crippen LogP contribution < -0.4 is 10.2 Å². The minimum atomic E-state index is 0.632. The van der Waals surface area contributed by atoms with E-state index in [0.717, 1.165) is 43.6 Å². The van der Waals surface area contributed by atoms with E-state index in [9.17, 15) is 0 Å². The van der Waals surface area contributed by atoms with E-state index in [-0.39, 0.29) is 0 Å². The molecule has 2 heterocycles. The van der Waals surface area contributed by atoms with Crippen LogP contribution in [0.5, 0.6) is 0 Å². The molecule has 5 heteroatoms. The number of aryl methyl sites for hydroxylation is 1. The maximum absolute atomic E-state index is 4.53. The number of nitrogens with zero attached hydrogens (tertiary/aromatic N) is 4. The van der Waals surface area contributed by atoms with Gasteiger partial charge in [0.05, 0.1) is 0 Å². The Morgan fingerprint density at radius 1 is 1.17 bits per heavy atom. The molecule has 1 aliphatic rings. The van der Waals surface area contributed by atoms with Crippen LogP contribution in [0, 0.1) is 6.92 Å². The molecule has 1 aliphatic heterocycles. The molecule has 0 amide bonds. The Morgan fingerprint density at radius 3 is 2.39 bits per heavy atom. The first kappa shape index (κ1) is 13.1. The summed E-state index contributed by atoms with van der Waals surface area (Å²) in [7, 11) is 1.89. The maximum Gasteiger partial charge on any atom is 0.134 e. The first-order chi connectivity index (χ1) is 8.60. The van der Waals surface area contributed by atoms with Gasteiger partial charge in [0.2, 0.25) is 0 Å². The van der Waals surface area contributed by atoms with Crippen LogP contribution in [0.25, 0.3) is 0 Å². The molecule has 18 heavy (non-hydrogen) atoms. The van der Waals surface area contributed by atoms with Crippen molar-refractivity contribution in [1.82, 2.24) is 14.9 Å². The Hall–Kier alpha value is -1.36. The Labute approximate surface area is 109 Å². The second-order valence-electron chi connectivity index (χ2n) is 5.03. The van der Waals surface area contributed by atoms with Gasteiger partial charge in [-0.1, -0.05) is 0 Å². The van der Waals surface area contributed by atoms with Crippen molar-refractivity contribution < 1.29 is 0 Å². The van der Waals surface area contributed by atoms with E-state index in [4.69, 9.17) is 0 Å². The van der Waals surface area contributed by atoms with Crippen LogP contribution >= 0.6 is 0 Å². The average Bonchev–Trinajstić information content (AvgIpc) is 2.38. The third-order valence-electron chi connectivity index (χ3n) is 3.45. The van der Waals surface area contributed by atoms with Gasteiger partial charge in [0, 0.05) is 45.3 Å². The Morgan fingerprint density at radius 2 is 1.83 bits per heavy atom. The minimum Gasteiger partial charge on any atom is -0.373 e. The lowest BCUT2D eigenvalue weighted by molar-refractivity contribution is 0.209. The van der Waals surface area contributed by atoms with Gasteiger partial charge in [0.1, 0.15) is 17.5 Å². The zero-order chi connectivity index (χ0) is 13.1. The molecule has 0 radical (unpaired) electrons. The molecule has 0 saturated carbocycles. The number of rotatable bonds is 3. The van der Waals surface area contributed by atoms with Crippen molar-refractivity contribution in [2.75, 3.05) is 43.4 Å². The average molecular weight is 249 g/mol. The molecule has 1 saturated heterocycles. The van der Waals surface area contributed by atoms with E-state index >= 15 is 0 Å². The second-order valence-corrected chi connectivity index (χ2v) is 5.03. The molecular formula is C13H23N5. The molecule has 0 spiro atoms. The Kier molecular flexibility index (Phi) is 4.01. The molecule has 0 aliphatic carbocycles. The standard InChI is InChI=1S/C13H23N5/c1-10(2)17-5-7-18(8-6-17)13-9-12(14-4)15-11(3)16-13/h9-10H,5-8H2,1-4H3,(H,14,15,16). The summed E-state index contributed by atoms with van der Waals surface area (Å²) in [6.45, 7) is 10.7. The molecule has 100 valence electrons. The molecule has 0 atom stereocenters. The zero-order valence-electron chi connectivity index (χ0n) is 11.8. The van der Waals surface area contributed by atoms with Crippen LogP contribution in [-0.2, 0) is 0 Å². The summed E-state index contributed by atoms with van der Waals surface area (Å²) in [5, 5.41) is 3.09. The summed E-state index contributed by atoms with van der Waals surface area (Å²) in [6.07, 6.45) is 0. The number of aromatic nitrogens is 2. The third kappa shape index (κ3) is 2.90. The monoisotopic (exact) mass is 249 g/mol. The van der Waals surface area contributed by atoms with Gasteiger partial charge in [-0.05, 0) is 20.8 Å². The number of piperazine rings is 1. The summed E-state index contributed by atoms with van der Waals surface area (Å²) in [4.78, 5) is 13.7. The predicted molar refractivity (Wildman–Crippen MR) is 75.2 cm³/mol. The molecule has 1 aromatic rings. The number of hydrogen-bond donors (Lipinski definition) is 1. The topological polar surface area (TPSA) is 44.3 Å². The van der Waals surface area contributed by atoms with Crippen molar-refractivity contribution in [3.8, 4) is 0 Å². The van der Waals surface area contributed by atoms with E-state index < -0.39 is 0 Å². The van der Waals surface area contributed by atoms with Crippen molar-refractivity contribution in [3.63, 3.8) is 0 Å². The predicted octanol–water partition coefficient (Wildman–Crippen LogP) is 1.36. The maximum atomic E-state index is 4.53. The van der Waals surface area contributed by atoms with Gasteiger partial charge < -0.3 is 10.2 Å². The molecule has 2 rings (SSSR count). The molecule has 5 nitrogen and oxygen atoms in total. The molecule has 0 unspecified atom stereocenters. The summed E-state index contributed by atoms with van der Waals surface area (Å²) in [6, 6.07) is 2.66. The van der Waals surface area contributed by atoms with Crippen molar-refractivity contribution >= 4 is 11.6 Å². The molecule has 1 aromatic heterocycles. The highest BCUT2D eigenvalue weighted by Gasteiger charge is 2.20. The lowest BCUT2D eigenvalue weighted by atomic mass is 10.2. The fourth-order valence-corrected chi connectivity index (χ4v) is 2.31. The molecule has 0 aromatic carbocycles. The first-order valence-electron chi connectivity index (χ1n) is 6.62. The molecule has 0 bridgehead atoms. The summed E-state index contributed by atoms with van der Waals surface area (Å²) >= 11 is 0. The highest BCUT2D eigenvalue weighted by molar-refractivity contribution is 5.49. The lowest BCUT2D eigenvalue weighted by Crippen LogP contribution is -2.49. The van der Waals surface area contributed by atoms with Gasteiger partial charge in [-0.2, -0.15) is 0 Å². The van der Waals surface area contributed by atoms with E-state index in [1.54, 1.807) is 0 Å². The van der Waals surface area contributed by atoms with E-state index in [1.165, 1.54) is 0 Å². The number of hydrogen-bond acceptors (Lipinski definition) is 5. The summed E-state index contributed by atoms with van der Waals surface area (Å²) in [5.41, 5.74) is 0. The van der Waals surface area contributed by atoms with Crippen molar-refractivity contribution in [3.05, 3.63) is 11.9 Å². The number of nitrogens with one attached hydrogen (secondary N) is 1. The molecular weight excluding hydrogens is 226 g/mol. The Bertz CT molecular complexity index is 396. The van der Waals surface area contributed by atoms with E-state index in [1.807, 2.05) is 20.0 Å². The first-order valence-corrected chi connectivity index (χ1v) is 6.62. The van der Waals surface area contributed by atoms with Gasteiger partial charge in [-0.25, -0.2) is 9.97 Å². The van der Waals surface area contributed by atoms with Gasteiger partial charge in [-0.3, -0.25) is 4.90 Å². The van der Waals surface area contributed by atoms with Gasteiger partial charge >= 0.3 is 0 Å². The van der Waals surface area contributed by atoms with Gasteiger partial charge in [0.15, 0.2) is 0 Å². The zero-order valence-corrected chi connectivity index (χ0v) is 11.8. The highest BCUT2D eigenvalue weighted by Crippen LogP contribution is 2.18. The highest BCUT2D eigenvalue weighted by atomic mass is 15.3. The lowest BCUT2D eigenvalue weighted by Gasteiger charge is -2.37. The largest absolute Gasteiger partial charge is 0.373 e. The van der Waals surface area contributed by atoms with Gasteiger partial charge in [-0.15, -0.1) is 0 Å². The van der Waals surface area contributed by atoms with Gasteiger partial charge in [0.25, 0.3) is 0 Å². The fourth-order valence-electron chi connectivity index (χ4n) is 2.31. The third-order valence-corrected chi connectivity index (χ3v) is 3.45. The van der Waals surface area contributed by atoms with E-state index in [0.29, 0.717) is 6.04 Å². The molecule has 1 N–H and O–H groups in total. The SMILES string of the molecule is CNc1cc(N2CCN(C(C)C)CC2)nc(C)n1. The van der Waals surface area contributed by atoms with Crippen molar-refractivity contribution in [2.24, 2.45) is 0 Å². The molecule has 1 fully saturated rings. The second kappa shape index (κ2) is 5.52. The normalized spacial score (nSPS) is 17.3. The quantitative estimate of drug-likeness (QED) is 0.876.